The molecule has 0 radical (unpaired) electrons. The molecule has 0 fully saturated rings. The summed E-state index contributed by atoms with van der Waals surface area (Å²) in [4.78, 5) is 21.2. The molecule has 0 saturated carbocycles. The molecule has 0 aliphatic carbocycles. The second kappa shape index (κ2) is 3.98. The molecule has 0 rings (SSSR count). The normalized spacial score (nSPS) is 13.8. The first-order valence-electron chi connectivity index (χ1n) is 2.91. The number of terminal acetylenes is 1. The van der Waals surface area contributed by atoms with Crippen LogP contribution in [0, 0.1) is 12.3 Å². The van der Waals surface area contributed by atoms with Gasteiger partial charge in [-0.2, -0.15) is 0 Å². The minimum Gasteiger partial charge on any atom is -0.438 e. The van der Waals surface area contributed by atoms with Gasteiger partial charge in [-0.25, -0.2) is 4.79 Å². The fraction of sp³-hybridized carbons (Fsp3) is 0.429. The van der Waals surface area contributed by atoms with Gasteiger partial charge in [-0.15, -0.1) is 6.42 Å². The molecule has 1 unspecified atom stereocenters. The average molecular weight is 191 g/mol. The van der Waals surface area contributed by atoms with E-state index < -0.39 is 17.0 Å². The standard InChI is InChI=1S/C7H7ClO4/c1-4-7(2,5(8)9)12-6(10)11-3/h1H,2-3H3. The van der Waals surface area contributed by atoms with E-state index in [1.807, 2.05) is 5.92 Å². The first-order chi connectivity index (χ1) is 5.46. The van der Waals surface area contributed by atoms with Crippen LogP contribution in [0.3, 0.4) is 0 Å². The van der Waals surface area contributed by atoms with Gasteiger partial charge in [0, 0.05) is 0 Å². The van der Waals surface area contributed by atoms with Crippen molar-refractivity contribution in [2.45, 2.75) is 12.5 Å². The van der Waals surface area contributed by atoms with Gasteiger partial charge in [0.05, 0.1) is 7.11 Å². The van der Waals surface area contributed by atoms with Crippen molar-refractivity contribution in [3.8, 4) is 12.3 Å². The summed E-state index contributed by atoms with van der Waals surface area (Å²) in [7, 11) is 1.10. The summed E-state index contributed by atoms with van der Waals surface area (Å²) in [6.45, 7) is 1.19. The molecule has 0 heterocycles. The van der Waals surface area contributed by atoms with Gasteiger partial charge in [0.15, 0.2) is 0 Å². The zero-order valence-electron chi connectivity index (χ0n) is 6.59. The molecule has 0 saturated heterocycles. The van der Waals surface area contributed by atoms with Crippen molar-refractivity contribution in [2.75, 3.05) is 7.11 Å². The number of carbonyl (C=O) groups is 2. The van der Waals surface area contributed by atoms with Gasteiger partial charge in [0.25, 0.3) is 5.24 Å². The molecule has 0 bridgehead atoms. The number of halogens is 1. The van der Waals surface area contributed by atoms with Crippen molar-refractivity contribution >= 4 is 23.0 Å². The third-order valence-electron chi connectivity index (χ3n) is 1.10. The van der Waals surface area contributed by atoms with Crippen LogP contribution in [0.1, 0.15) is 6.92 Å². The first kappa shape index (κ1) is 10.8. The van der Waals surface area contributed by atoms with E-state index in [-0.39, 0.29) is 0 Å². The quantitative estimate of drug-likeness (QED) is 0.369. The summed E-state index contributed by atoms with van der Waals surface area (Å²) in [5.41, 5.74) is -1.76. The first-order valence-corrected chi connectivity index (χ1v) is 3.28. The highest BCUT2D eigenvalue weighted by Gasteiger charge is 2.34. The zero-order chi connectivity index (χ0) is 9.78. The molecule has 0 aromatic rings. The van der Waals surface area contributed by atoms with Crippen LogP contribution < -0.4 is 0 Å². The van der Waals surface area contributed by atoms with Gasteiger partial charge in [0.2, 0.25) is 5.60 Å². The lowest BCUT2D eigenvalue weighted by atomic mass is 10.1. The number of rotatable bonds is 2. The Morgan fingerprint density at radius 2 is 2.08 bits per heavy atom. The molecule has 66 valence electrons. The Balaban J connectivity index is 4.48. The Kier molecular flexibility index (Phi) is 3.58. The average Bonchev–Trinajstić information content (AvgIpc) is 2.03. The van der Waals surface area contributed by atoms with Crippen LogP contribution in [0.25, 0.3) is 0 Å². The zero-order valence-corrected chi connectivity index (χ0v) is 7.34. The maximum Gasteiger partial charge on any atom is 0.509 e. The Hall–Kier alpha value is -1.21. The Morgan fingerprint density at radius 3 is 2.33 bits per heavy atom. The van der Waals surface area contributed by atoms with E-state index in [0.717, 1.165) is 7.11 Å². The fourth-order valence-corrected chi connectivity index (χ4v) is 0.428. The molecule has 0 N–H and O–H groups in total. The van der Waals surface area contributed by atoms with E-state index in [1.54, 1.807) is 0 Å². The maximum atomic E-state index is 10.6. The van der Waals surface area contributed by atoms with Crippen molar-refractivity contribution in [3.63, 3.8) is 0 Å². The van der Waals surface area contributed by atoms with Gasteiger partial charge in [-0.1, -0.05) is 0 Å². The van der Waals surface area contributed by atoms with Crippen LogP contribution >= 0.6 is 11.6 Å². The summed E-state index contributed by atoms with van der Waals surface area (Å²) in [6.07, 6.45) is 3.87. The summed E-state index contributed by atoms with van der Waals surface area (Å²) < 4.78 is 8.55. The van der Waals surface area contributed by atoms with Crippen LogP contribution in [-0.4, -0.2) is 24.1 Å². The van der Waals surface area contributed by atoms with E-state index in [4.69, 9.17) is 18.0 Å². The van der Waals surface area contributed by atoms with Gasteiger partial charge >= 0.3 is 6.16 Å². The second-order valence-electron chi connectivity index (χ2n) is 2.01. The topological polar surface area (TPSA) is 52.6 Å². The Labute approximate surface area is 74.8 Å². The van der Waals surface area contributed by atoms with E-state index in [2.05, 4.69) is 9.47 Å². The van der Waals surface area contributed by atoms with E-state index in [9.17, 15) is 9.59 Å². The Morgan fingerprint density at radius 1 is 1.58 bits per heavy atom. The van der Waals surface area contributed by atoms with Crippen LogP contribution in [0.4, 0.5) is 4.79 Å². The van der Waals surface area contributed by atoms with Crippen LogP contribution in [0.15, 0.2) is 0 Å². The predicted molar refractivity (Wildman–Crippen MR) is 41.6 cm³/mol. The third-order valence-corrected chi connectivity index (χ3v) is 1.47. The predicted octanol–water partition coefficient (Wildman–Crippen LogP) is 0.927. The highest BCUT2D eigenvalue weighted by atomic mass is 35.5. The number of hydrogen-bond acceptors (Lipinski definition) is 4. The number of carbonyl (C=O) groups excluding carboxylic acids is 2. The van der Waals surface area contributed by atoms with Gasteiger partial charge < -0.3 is 9.47 Å². The summed E-state index contributed by atoms with van der Waals surface area (Å²) in [5, 5.41) is -0.949. The molecule has 5 heteroatoms. The largest absolute Gasteiger partial charge is 0.509 e. The van der Waals surface area contributed by atoms with Crippen molar-refractivity contribution in [1.82, 2.24) is 0 Å². The van der Waals surface area contributed by atoms with Crippen LogP contribution in [0.5, 0.6) is 0 Å². The van der Waals surface area contributed by atoms with Crippen molar-refractivity contribution in [1.29, 1.82) is 0 Å². The van der Waals surface area contributed by atoms with Gasteiger partial charge in [-0.3, -0.25) is 4.79 Å². The van der Waals surface area contributed by atoms with Crippen LogP contribution in [-0.2, 0) is 14.3 Å². The lowest BCUT2D eigenvalue weighted by Crippen LogP contribution is -2.36. The maximum absolute atomic E-state index is 10.6. The summed E-state index contributed by atoms with van der Waals surface area (Å²) in [5.74, 6) is 1.94. The molecule has 4 nitrogen and oxygen atoms in total. The van der Waals surface area contributed by atoms with Crippen molar-refractivity contribution in [3.05, 3.63) is 0 Å². The summed E-state index contributed by atoms with van der Waals surface area (Å²) in [6, 6.07) is 0. The molecule has 0 aliphatic heterocycles. The molecule has 0 aromatic carbocycles. The third kappa shape index (κ3) is 2.44. The minimum atomic E-state index is -1.76. The van der Waals surface area contributed by atoms with Crippen LogP contribution in [0.2, 0.25) is 0 Å². The molecular formula is C7H7ClO4. The van der Waals surface area contributed by atoms with E-state index in [1.165, 1.54) is 6.92 Å². The molecule has 0 aromatic heterocycles. The van der Waals surface area contributed by atoms with Crippen molar-refractivity contribution in [2.24, 2.45) is 0 Å². The molecule has 0 aliphatic rings. The molecule has 1 atom stereocenters. The van der Waals surface area contributed by atoms with E-state index >= 15 is 0 Å². The number of ether oxygens (including phenoxy) is 2. The molecule has 0 amide bonds. The fourth-order valence-electron chi connectivity index (χ4n) is 0.335. The molecule has 0 spiro atoms. The highest BCUT2D eigenvalue weighted by molar-refractivity contribution is 6.65. The van der Waals surface area contributed by atoms with Gasteiger partial charge in [-0.05, 0) is 24.4 Å². The number of hydrogen-bond donors (Lipinski definition) is 0. The Bertz CT molecular complexity index is 242. The monoisotopic (exact) mass is 190 g/mol. The second-order valence-corrected chi connectivity index (χ2v) is 2.35. The lowest BCUT2D eigenvalue weighted by Gasteiger charge is -2.17. The molecule has 12 heavy (non-hydrogen) atoms. The van der Waals surface area contributed by atoms with Crippen molar-refractivity contribution < 1.29 is 19.1 Å². The SMILES string of the molecule is C#CC(C)(OC(=O)OC)C(=O)Cl. The lowest BCUT2D eigenvalue weighted by molar-refractivity contribution is -0.124. The smallest absolute Gasteiger partial charge is 0.438 e. The summed E-state index contributed by atoms with van der Waals surface area (Å²) >= 11 is 5.07. The highest BCUT2D eigenvalue weighted by Crippen LogP contribution is 2.13. The molecular weight excluding hydrogens is 184 g/mol. The van der Waals surface area contributed by atoms with Gasteiger partial charge in [0.1, 0.15) is 0 Å². The van der Waals surface area contributed by atoms with E-state index in [0.29, 0.717) is 0 Å². The number of methoxy groups -OCH3 is 1. The minimum absolute atomic E-state index is 0.949.